The van der Waals surface area contributed by atoms with Gasteiger partial charge in [0.15, 0.2) is 0 Å². The van der Waals surface area contributed by atoms with Crippen molar-refractivity contribution in [1.82, 2.24) is 0 Å². The average Bonchev–Trinajstić information content (AvgIpc) is 3.12. The monoisotopic (exact) mass is 506 g/mol. The summed E-state index contributed by atoms with van der Waals surface area (Å²) in [5, 5.41) is 0. The highest BCUT2D eigenvalue weighted by molar-refractivity contribution is 9.10. The SMILES string of the molecule is Cc1cc2c(cc1Br)C1(C)CCCCC1(C)C2.Cc1ccc2c(c1)CC1(C)CCCCC21C. The molecule has 0 aromatic heterocycles. The Hall–Kier alpha value is -1.08. The summed E-state index contributed by atoms with van der Waals surface area (Å²) in [6.45, 7) is 14.5. The van der Waals surface area contributed by atoms with E-state index in [0.717, 1.165) is 0 Å². The number of benzene rings is 2. The van der Waals surface area contributed by atoms with Crippen LogP contribution in [0.5, 0.6) is 0 Å². The minimum Gasteiger partial charge on any atom is -0.0590 e. The van der Waals surface area contributed by atoms with Gasteiger partial charge in [-0.2, -0.15) is 0 Å². The third-order valence-electron chi connectivity index (χ3n) is 11.0. The number of hydrogen-bond acceptors (Lipinski definition) is 0. The third kappa shape index (κ3) is 3.50. The maximum Gasteiger partial charge on any atom is 0.0207 e. The van der Waals surface area contributed by atoms with Crippen molar-refractivity contribution in [2.45, 2.75) is 117 Å². The molecule has 2 aromatic rings. The van der Waals surface area contributed by atoms with Gasteiger partial charge in [-0.05, 0) is 108 Å². The second-order valence-electron chi connectivity index (χ2n) is 13.0. The second-order valence-corrected chi connectivity index (χ2v) is 13.8. The average molecular weight is 508 g/mol. The topological polar surface area (TPSA) is 0 Å². The first-order valence-electron chi connectivity index (χ1n) is 13.4. The zero-order valence-corrected chi connectivity index (χ0v) is 23.4. The van der Waals surface area contributed by atoms with Crippen molar-refractivity contribution in [1.29, 1.82) is 0 Å². The molecule has 0 N–H and O–H groups in total. The van der Waals surface area contributed by atoms with E-state index in [1.54, 1.807) is 22.3 Å². The molecular weight excluding hydrogens is 464 g/mol. The van der Waals surface area contributed by atoms with Gasteiger partial charge in [0.25, 0.3) is 0 Å². The van der Waals surface area contributed by atoms with Crippen LogP contribution in [0.2, 0.25) is 0 Å². The molecule has 4 aliphatic carbocycles. The van der Waals surface area contributed by atoms with Crippen LogP contribution in [-0.2, 0) is 23.7 Å². The summed E-state index contributed by atoms with van der Waals surface area (Å²) in [5.41, 5.74) is 11.2. The predicted octanol–water partition coefficient (Wildman–Crippen LogP) is 9.54. The van der Waals surface area contributed by atoms with E-state index in [1.807, 2.05) is 0 Å². The minimum atomic E-state index is 0.413. The zero-order chi connectivity index (χ0) is 23.6. The molecule has 0 nitrogen and oxygen atoms in total. The predicted molar refractivity (Wildman–Crippen MR) is 145 cm³/mol. The summed E-state index contributed by atoms with van der Waals surface area (Å²) in [6.07, 6.45) is 13.8. The number of fused-ring (bicyclic) bond motifs is 6. The molecule has 4 atom stereocenters. The number of aryl methyl sites for hydroxylation is 2. The van der Waals surface area contributed by atoms with Crippen LogP contribution in [0.4, 0.5) is 0 Å². The summed E-state index contributed by atoms with van der Waals surface area (Å²) in [4.78, 5) is 0. The molecule has 1 heteroatoms. The van der Waals surface area contributed by atoms with Crippen molar-refractivity contribution in [3.05, 3.63) is 68.2 Å². The van der Waals surface area contributed by atoms with Crippen LogP contribution in [0.1, 0.15) is 112 Å². The summed E-state index contributed by atoms with van der Waals surface area (Å²) in [6, 6.07) is 11.9. The van der Waals surface area contributed by atoms with Gasteiger partial charge in [-0.1, -0.05) is 99.1 Å². The Morgan fingerprint density at radius 2 is 1.15 bits per heavy atom. The number of hydrogen-bond donors (Lipinski definition) is 0. The molecule has 0 saturated heterocycles. The van der Waals surface area contributed by atoms with Crippen molar-refractivity contribution < 1.29 is 0 Å². The van der Waals surface area contributed by atoms with Crippen molar-refractivity contribution in [3.63, 3.8) is 0 Å². The van der Waals surface area contributed by atoms with Crippen LogP contribution in [0.3, 0.4) is 0 Å². The maximum atomic E-state index is 3.71. The summed E-state index contributed by atoms with van der Waals surface area (Å²) >= 11 is 3.71. The van der Waals surface area contributed by atoms with Gasteiger partial charge in [0.1, 0.15) is 0 Å². The second kappa shape index (κ2) is 7.97. The van der Waals surface area contributed by atoms with Gasteiger partial charge in [0.2, 0.25) is 0 Å². The summed E-state index contributed by atoms with van der Waals surface area (Å²) in [5.74, 6) is 0. The van der Waals surface area contributed by atoms with Crippen LogP contribution >= 0.6 is 15.9 Å². The number of rotatable bonds is 0. The van der Waals surface area contributed by atoms with Crippen molar-refractivity contribution in [3.8, 4) is 0 Å². The molecule has 0 aliphatic heterocycles. The largest absolute Gasteiger partial charge is 0.0590 e. The van der Waals surface area contributed by atoms with Gasteiger partial charge in [0, 0.05) is 4.47 Å². The normalized spacial score (nSPS) is 36.2. The van der Waals surface area contributed by atoms with E-state index in [-0.39, 0.29) is 0 Å². The highest BCUT2D eigenvalue weighted by Crippen LogP contribution is 2.60. The molecule has 4 aliphatic rings. The molecule has 2 fully saturated rings. The molecule has 0 amide bonds. The molecule has 0 heterocycles. The lowest BCUT2D eigenvalue weighted by molar-refractivity contribution is 0.109. The highest BCUT2D eigenvalue weighted by atomic mass is 79.9. The van der Waals surface area contributed by atoms with Gasteiger partial charge in [0.05, 0.1) is 0 Å². The van der Waals surface area contributed by atoms with Crippen LogP contribution in [0.15, 0.2) is 34.8 Å². The Bertz CT molecular complexity index is 1080. The Balaban J connectivity index is 0.000000139. The third-order valence-corrected chi connectivity index (χ3v) is 11.8. The Morgan fingerprint density at radius 1 is 0.636 bits per heavy atom. The van der Waals surface area contributed by atoms with Crippen molar-refractivity contribution in [2.24, 2.45) is 10.8 Å². The first kappa shape index (κ1) is 23.7. The molecule has 0 spiro atoms. The summed E-state index contributed by atoms with van der Waals surface area (Å²) in [7, 11) is 0. The molecule has 33 heavy (non-hydrogen) atoms. The Labute approximate surface area is 211 Å². The zero-order valence-electron chi connectivity index (χ0n) is 21.8. The number of halogens is 1. The fourth-order valence-corrected chi connectivity index (χ4v) is 8.62. The van der Waals surface area contributed by atoms with E-state index in [9.17, 15) is 0 Å². The van der Waals surface area contributed by atoms with Crippen LogP contribution in [0, 0.1) is 24.7 Å². The van der Waals surface area contributed by atoms with Gasteiger partial charge >= 0.3 is 0 Å². The fourth-order valence-electron chi connectivity index (χ4n) is 8.28. The van der Waals surface area contributed by atoms with Gasteiger partial charge in [-0.3, -0.25) is 0 Å². The lowest BCUT2D eigenvalue weighted by atomic mass is 9.58. The van der Waals surface area contributed by atoms with Crippen LogP contribution < -0.4 is 0 Å². The molecule has 6 rings (SSSR count). The highest BCUT2D eigenvalue weighted by Gasteiger charge is 2.53. The Kier molecular flexibility index (Phi) is 5.71. The van der Waals surface area contributed by atoms with E-state index in [4.69, 9.17) is 0 Å². The van der Waals surface area contributed by atoms with Gasteiger partial charge in [-0.15, -0.1) is 0 Å². The molecule has 2 saturated carbocycles. The quantitative estimate of drug-likeness (QED) is 0.333. The van der Waals surface area contributed by atoms with E-state index < -0.39 is 0 Å². The standard InChI is InChI=1S/C16H21Br.C16H22/c1-11-8-12-10-15(2)6-4-5-7-16(15,3)13(12)9-14(11)17;1-12-6-7-14-13(10-12)11-15(2)8-4-5-9-16(14,15)3/h8-9H,4-7,10H2,1-3H3;6-7,10H,4-5,8-9,11H2,1-3H3. The minimum absolute atomic E-state index is 0.413. The van der Waals surface area contributed by atoms with Gasteiger partial charge < -0.3 is 0 Å². The molecule has 0 bridgehead atoms. The Morgan fingerprint density at radius 3 is 1.76 bits per heavy atom. The van der Waals surface area contributed by atoms with Crippen molar-refractivity contribution in [2.75, 3.05) is 0 Å². The first-order chi connectivity index (χ1) is 15.5. The van der Waals surface area contributed by atoms with Crippen molar-refractivity contribution >= 4 is 15.9 Å². The van der Waals surface area contributed by atoms with E-state index >= 15 is 0 Å². The van der Waals surface area contributed by atoms with E-state index in [0.29, 0.717) is 21.7 Å². The first-order valence-corrected chi connectivity index (χ1v) is 14.2. The summed E-state index contributed by atoms with van der Waals surface area (Å²) < 4.78 is 1.28. The molecule has 0 radical (unpaired) electrons. The maximum absolute atomic E-state index is 3.71. The molecular formula is C32H43Br. The molecule has 2 aromatic carbocycles. The fraction of sp³-hybridized carbons (Fsp3) is 0.625. The molecule has 4 unspecified atom stereocenters. The lowest BCUT2D eigenvalue weighted by Crippen LogP contribution is -2.40. The smallest absolute Gasteiger partial charge is 0.0207 e. The van der Waals surface area contributed by atoms with Gasteiger partial charge in [-0.25, -0.2) is 0 Å². The lowest BCUT2D eigenvalue weighted by Gasteiger charge is -2.46. The van der Waals surface area contributed by atoms with Crippen LogP contribution in [-0.4, -0.2) is 0 Å². The van der Waals surface area contributed by atoms with E-state index in [2.05, 4.69) is 87.8 Å². The van der Waals surface area contributed by atoms with Crippen LogP contribution in [0.25, 0.3) is 0 Å². The van der Waals surface area contributed by atoms with E-state index in [1.165, 1.54) is 79.8 Å². The molecule has 178 valence electrons.